The summed E-state index contributed by atoms with van der Waals surface area (Å²) in [5.74, 6) is -0.222. The summed E-state index contributed by atoms with van der Waals surface area (Å²) in [7, 11) is -4.57. The number of nitro groups is 1. The number of carbonyl (C=O) groups is 1. The van der Waals surface area contributed by atoms with E-state index in [9.17, 15) is 23.3 Å². The van der Waals surface area contributed by atoms with E-state index < -0.39 is 31.4 Å². The fourth-order valence-corrected chi connectivity index (χ4v) is 10.6. The molecule has 3 aromatic carbocycles. The van der Waals surface area contributed by atoms with E-state index in [0.29, 0.717) is 49.2 Å². The zero-order chi connectivity index (χ0) is 45.5. The van der Waals surface area contributed by atoms with Gasteiger partial charge in [-0.05, 0) is 116 Å². The fourth-order valence-electron chi connectivity index (χ4n) is 9.50. The number of piperazine rings is 1. The molecule has 3 N–H and O–H groups in total. The lowest BCUT2D eigenvalue weighted by Gasteiger charge is -2.40. The number of sulfonamides is 1. The molecular formula is C48H55ClN8O7S. The van der Waals surface area contributed by atoms with E-state index in [1.54, 1.807) is 12.3 Å². The molecule has 2 saturated heterocycles. The lowest BCUT2D eigenvalue weighted by Crippen LogP contribution is -2.47. The first-order valence-electron chi connectivity index (χ1n) is 22.4. The van der Waals surface area contributed by atoms with Crippen LogP contribution in [-0.2, 0) is 14.8 Å². The quantitative estimate of drug-likeness (QED) is 0.0803. The topological polar surface area (TPSA) is 175 Å². The number of rotatable bonds is 12. The Morgan fingerprint density at radius 2 is 1.77 bits per heavy atom. The molecule has 1 unspecified atom stereocenters. The number of amides is 1. The van der Waals surface area contributed by atoms with Gasteiger partial charge in [0.2, 0.25) is 5.88 Å². The van der Waals surface area contributed by atoms with Crippen LogP contribution in [-0.4, -0.2) is 99.2 Å². The minimum Gasteiger partial charge on any atom is -0.471 e. The van der Waals surface area contributed by atoms with Crippen LogP contribution in [0.1, 0.15) is 68.8 Å². The van der Waals surface area contributed by atoms with Crippen molar-refractivity contribution in [1.82, 2.24) is 19.6 Å². The number of nitrogens with one attached hydrogen (secondary N) is 3. The largest absolute Gasteiger partial charge is 0.471 e. The first-order valence-corrected chi connectivity index (χ1v) is 24.2. The van der Waals surface area contributed by atoms with E-state index in [-0.39, 0.29) is 28.7 Å². The molecule has 0 bridgehead atoms. The normalized spacial score (nSPS) is 19.5. The maximum atomic E-state index is 14.4. The first kappa shape index (κ1) is 44.5. The van der Waals surface area contributed by atoms with Crippen molar-refractivity contribution >= 4 is 72.6 Å². The molecule has 65 heavy (non-hydrogen) atoms. The Morgan fingerprint density at radius 3 is 2.52 bits per heavy atom. The van der Waals surface area contributed by atoms with Gasteiger partial charge in [0.15, 0.2) is 0 Å². The first-order chi connectivity index (χ1) is 31.2. The van der Waals surface area contributed by atoms with Crippen molar-refractivity contribution in [2.75, 3.05) is 74.1 Å². The number of halogens is 1. The molecule has 15 nitrogen and oxygen atoms in total. The van der Waals surface area contributed by atoms with Crippen molar-refractivity contribution in [2.24, 2.45) is 11.3 Å². The van der Waals surface area contributed by atoms with Crippen molar-refractivity contribution in [2.45, 2.75) is 63.9 Å². The molecule has 4 aliphatic rings. The highest BCUT2D eigenvalue weighted by Gasteiger charge is 2.33. The highest BCUT2D eigenvalue weighted by Crippen LogP contribution is 2.44. The van der Waals surface area contributed by atoms with Crippen LogP contribution < -0.4 is 24.6 Å². The van der Waals surface area contributed by atoms with Crippen LogP contribution in [0.25, 0.3) is 16.6 Å². The summed E-state index contributed by atoms with van der Waals surface area (Å²) in [6.45, 7) is 12.7. The highest BCUT2D eigenvalue weighted by atomic mass is 35.5. The summed E-state index contributed by atoms with van der Waals surface area (Å²) in [6, 6.07) is 21.1. The molecule has 1 aliphatic carbocycles. The van der Waals surface area contributed by atoms with Gasteiger partial charge in [-0.25, -0.2) is 13.1 Å². The van der Waals surface area contributed by atoms with E-state index in [1.807, 2.05) is 48.2 Å². The minimum absolute atomic E-state index is 0.108. The summed E-state index contributed by atoms with van der Waals surface area (Å²) in [5, 5.41) is 16.9. The number of aromatic amines is 1. The number of carbonyl (C=O) groups excluding carboxylic acids is 1. The third-order valence-corrected chi connectivity index (χ3v) is 14.8. The summed E-state index contributed by atoms with van der Waals surface area (Å²) in [5.41, 5.74) is 6.91. The number of ether oxygens (including phenoxy) is 2. The van der Waals surface area contributed by atoms with Gasteiger partial charge >= 0.3 is 0 Å². The lowest BCUT2D eigenvalue weighted by molar-refractivity contribution is -0.384. The molecule has 2 fully saturated rings. The third kappa shape index (κ3) is 9.81. The van der Waals surface area contributed by atoms with E-state index in [0.717, 1.165) is 87.0 Å². The van der Waals surface area contributed by atoms with Crippen molar-refractivity contribution in [3.63, 3.8) is 0 Å². The lowest BCUT2D eigenvalue weighted by atomic mass is 9.72. The van der Waals surface area contributed by atoms with E-state index in [4.69, 9.17) is 26.1 Å². The Kier molecular flexibility index (Phi) is 12.5. The summed E-state index contributed by atoms with van der Waals surface area (Å²) >= 11 is 6.27. The van der Waals surface area contributed by atoms with Crippen molar-refractivity contribution in [3.05, 3.63) is 111 Å². The Balaban J connectivity index is 0.987. The molecular weight excluding hydrogens is 868 g/mol. The molecule has 0 spiro atoms. The van der Waals surface area contributed by atoms with Gasteiger partial charge in [-0.3, -0.25) is 19.8 Å². The van der Waals surface area contributed by atoms with Crippen molar-refractivity contribution in [3.8, 4) is 5.88 Å². The van der Waals surface area contributed by atoms with Gasteiger partial charge in [0.05, 0.1) is 27.6 Å². The van der Waals surface area contributed by atoms with Gasteiger partial charge in [0.25, 0.3) is 21.6 Å². The molecule has 5 heterocycles. The maximum Gasteiger partial charge on any atom is 0.293 e. The summed E-state index contributed by atoms with van der Waals surface area (Å²) < 4.78 is 41.7. The van der Waals surface area contributed by atoms with Gasteiger partial charge in [-0.1, -0.05) is 43.2 Å². The molecule has 9 rings (SSSR count). The van der Waals surface area contributed by atoms with Gasteiger partial charge in [-0.15, -0.1) is 0 Å². The number of nitrogens with zero attached hydrogens (tertiary/aromatic N) is 5. The summed E-state index contributed by atoms with van der Waals surface area (Å²) in [6.07, 6.45) is 6.32. The van der Waals surface area contributed by atoms with Crippen LogP contribution in [0.2, 0.25) is 5.02 Å². The number of nitro benzene ring substituents is 1. The molecule has 3 aliphatic heterocycles. The van der Waals surface area contributed by atoms with Crippen LogP contribution in [0.4, 0.5) is 28.4 Å². The molecule has 17 heteroatoms. The number of hydrogen-bond acceptors (Lipinski definition) is 12. The minimum atomic E-state index is -4.57. The molecule has 0 radical (unpaired) electrons. The average molecular weight is 924 g/mol. The third-order valence-electron chi connectivity index (χ3n) is 13.2. The number of H-pyrrole nitrogens is 1. The second-order valence-corrected chi connectivity index (χ2v) is 20.6. The van der Waals surface area contributed by atoms with Gasteiger partial charge in [0, 0.05) is 80.8 Å². The molecule has 1 amide bonds. The van der Waals surface area contributed by atoms with Crippen LogP contribution in [0, 0.1) is 21.4 Å². The summed E-state index contributed by atoms with van der Waals surface area (Å²) in [4.78, 5) is 40.2. The Bertz CT molecular complexity index is 2750. The number of anilines is 4. The van der Waals surface area contributed by atoms with Gasteiger partial charge in [-0.2, -0.15) is 4.98 Å². The predicted molar refractivity (Wildman–Crippen MR) is 254 cm³/mol. The number of benzene rings is 3. The molecule has 2 aromatic heterocycles. The number of aromatic nitrogens is 2. The zero-order valence-electron chi connectivity index (χ0n) is 36.9. The monoisotopic (exact) mass is 922 g/mol. The standard InChI is InChI=1S/C48H55ClN8O7S/c1-31-29-56(44-24-34-13-17-50-45(34)52-47(44)64-31)42-25-37(55-20-18-54(19-21-55)30-35-12-16-48(2,3)27-40(35)33-4-6-36(49)7-5-33)8-10-39(42)46(58)53-65(61,62)38-9-11-41(43(26-38)57(59)60)51-28-32-14-22-63-23-15-32/h4-11,13,17,24-26,31-32,51H,12,14-16,18-23,27-30H2,1-3H3,(H,50,52)(H,53,58). The van der Waals surface area contributed by atoms with E-state index in [1.165, 1.54) is 28.8 Å². The number of fused-ring (bicyclic) bond motifs is 2. The number of allylic oxidation sites excluding steroid dienone is 1. The average Bonchev–Trinajstić information content (AvgIpc) is 3.76. The predicted octanol–water partition coefficient (Wildman–Crippen LogP) is 8.79. The zero-order valence-corrected chi connectivity index (χ0v) is 38.5. The van der Waals surface area contributed by atoms with E-state index in [2.05, 4.69) is 50.8 Å². The highest BCUT2D eigenvalue weighted by molar-refractivity contribution is 7.90. The number of hydrogen-bond donors (Lipinski definition) is 3. The van der Waals surface area contributed by atoms with Crippen LogP contribution in [0.15, 0.2) is 89.5 Å². The fraction of sp³-hybridized carbons (Fsp3) is 0.417. The van der Waals surface area contributed by atoms with Crippen LogP contribution in [0.3, 0.4) is 0 Å². The van der Waals surface area contributed by atoms with Crippen LogP contribution in [0.5, 0.6) is 5.88 Å². The SMILES string of the molecule is CC1CN(c2cc(N3CCN(CC4=C(c5ccc(Cl)cc5)CC(C)(C)CC4)CC3)ccc2C(=O)NS(=O)(=O)c2ccc(NCC3CCOCC3)c([N+](=O)[O-])c2)c2cc3cc[nH]c3nc2O1. The van der Waals surface area contributed by atoms with E-state index >= 15 is 0 Å². The Hall–Kier alpha value is -5.68. The Labute approximate surface area is 384 Å². The Morgan fingerprint density at radius 1 is 1.00 bits per heavy atom. The van der Waals surface area contributed by atoms with Crippen molar-refractivity contribution < 1.29 is 27.6 Å². The maximum absolute atomic E-state index is 14.4. The van der Waals surface area contributed by atoms with Crippen molar-refractivity contribution in [1.29, 1.82) is 0 Å². The van der Waals surface area contributed by atoms with Crippen LogP contribution >= 0.6 is 11.6 Å². The second kappa shape index (κ2) is 18.3. The second-order valence-electron chi connectivity index (χ2n) is 18.5. The number of pyridine rings is 1. The smallest absolute Gasteiger partial charge is 0.293 e. The molecule has 0 saturated carbocycles. The molecule has 342 valence electrons. The van der Waals surface area contributed by atoms with Gasteiger partial charge < -0.3 is 29.6 Å². The molecule has 1 atom stereocenters. The van der Waals surface area contributed by atoms with Gasteiger partial charge in [0.1, 0.15) is 23.1 Å². The molecule has 5 aromatic rings.